The molecule has 1 amide bonds. The molecule has 9 heteroatoms. The van der Waals surface area contributed by atoms with Gasteiger partial charge in [0, 0.05) is 32.4 Å². The number of ether oxygens (including phenoxy) is 1. The molecule has 0 radical (unpaired) electrons. The van der Waals surface area contributed by atoms with Gasteiger partial charge in [-0.3, -0.25) is 9.78 Å². The first-order valence-electron chi connectivity index (χ1n) is 9.00. The fraction of sp³-hybridized carbons (Fsp3) is 0.0952. The molecule has 0 aliphatic rings. The molecule has 2 heterocycles. The lowest BCUT2D eigenvalue weighted by atomic mass is 10.3. The van der Waals surface area contributed by atoms with Crippen LogP contribution in [-0.4, -0.2) is 27.5 Å². The third-order valence-electron chi connectivity index (χ3n) is 4.48. The normalized spacial score (nSPS) is 10.8. The van der Waals surface area contributed by atoms with E-state index < -0.39 is 11.6 Å². The number of carbonyl (C=O) groups excluding carboxylic acids is 1. The largest absolute Gasteiger partial charge is 0.457 e. The molecule has 2 N–H and O–H groups in total. The van der Waals surface area contributed by atoms with Gasteiger partial charge in [-0.15, -0.1) is 0 Å². The number of nitrogens with zero attached hydrogens (tertiary/aromatic N) is 3. The van der Waals surface area contributed by atoms with Gasteiger partial charge in [0.15, 0.2) is 11.6 Å². The van der Waals surface area contributed by atoms with E-state index in [9.17, 15) is 13.6 Å². The number of anilines is 2. The van der Waals surface area contributed by atoms with Gasteiger partial charge in [0.2, 0.25) is 5.95 Å². The van der Waals surface area contributed by atoms with Crippen LogP contribution in [0, 0.1) is 11.6 Å². The van der Waals surface area contributed by atoms with E-state index in [1.54, 1.807) is 35.9 Å². The first-order chi connectivity index (χ1) is 14.5. The molecule has 0 aliphatic heterocycles. The summed E-state index contributed by atoms with van der Waals surface area (Å²) in [5, 5.41) is 5.32. The Bertz CT molecular complexity index is 1260. The highest BCUT2D eigenvalue weighted by atomic mass is 19.2. The average Bonchev–Trinajstić information content (AvgIpc) is 3.05. The van der Waals surface area contributed by atoms with Crippen molar-refractivity contribution in [1.29, 1.82) is 0 Å². The van der Waals surface area contributed by atoms with E-state index in [1.807, 2.05) is 0 Å². The minimum atomic E-state index is -0.974. The van der Waals surface area contributed by atoms with Crippen molar-refractivity contribution in [2.75, 3.05) is 12.4 Å². The highest BCUT2D eigenvalue weighted by Gasteiger charge is 2.13. The summed E-state index contributed by atoms with van der Waals surface area (Å²) in [7, 11) is 3.28. The van der Waals surface area contributed by atoms with Gasteiger partial charge in [0.05, 0.1) is 16.7 Å². The summed E-state index contributed by atoms with van der Waals surface area (Å²) < 4.78 is 35.0. The van der Waals surface area contributed by atoms with Crippen LogP contribution in [0.1, 0.15) is 10.5 Å². The topological polar surface area (TPSA) is 81.1 Å². The second-order valence-corrected chi connectivity index (χ2v) is 6.43. The maximum Gasteiger partial charge on any atom is 0.269 e. The number of rotatable bonds is 5. The summed E-state index contributed by atoms with van der Waals surface area (Å²) in [6.45, 7) is 0. The molecule has 2 aromatic heterocycles. The van der Waals surface area contributed by atoms with Gasteiger partial charge in [0.1, 0.15) is 17.2 Å². The number of halogens is 2. The second kappa shape index (κ2) is 7.78. The van der Waals surface area contributed by atoms with Crippen molar-refractivity contribution in [2.45, 2.75) is 0 Å². The van der Waals surface area contributed by atoms with Crippen LogP contribution in [0.25, 0.3) is 11.0 Å². The fourth-order valence-corrected chi connectivity index (χ4v) is 2.94. The second-order valence-electron chi connectivity index (χ2n) is 6.43. The minimum Gasteiger partial charge on any atom is -0.457 e. The van der Waals surface area contributed by atoms with E-state index in [0.717, 1.165) is 11.6 Å². The maximum atomic E-state index is 14.0. The Morgan fingerprint density at radius 1 is 1.10 bits per heavy atom. The Morgan fingerprint density at radius 2 is 1.90 bits per heavy atom. The molecule has 0 bridgehead atoms. The number of aryl methyl sites for hydroxylation is 1. The predicted octanol–water partition coefficient (Wildman–Crippen LogP) is 4.14. The molecule has 0 atom stereocenters. The quantitative estimate of drug-likeness (QED) is 0.518. The number of imidazole rings is 1. The van der Waals surface area contributed by atoms with Crippen LogP contribution in [0.3, 0.4) is 0 Å². The number of pyridine rings is 1. The summed E-state index contributed by atoms with van der Waals surface area (Å²) in [6.07, 6.45) is 1.48. The number of hydrogen-bond acceptors (Lipinski definition) is 5. The summed E-state index contributed by atoms with van der Waals surface area (Å²) in [6, 6.07) is 12.3. The van der Waals surface area contributed by atoms with E-state index in [4.69, 9.17) is 4.74 Å². The predicted molar refractivity (Wildman–Crippen MR) is 108 cm³/mol. The van der Waals surface area contributed by atoms with Crippen LogP contribution in [0.2, 0.25) is 0 Å². The van der Waals surface area contributed by atoms with Gasteiger partial charge in [-0.05, 0) is 30.3 Å². The Balaban J connectivity index is 1.62. The molecule has 0 fully saturated rings. The molecule has 4 aromatic rings. The molecule has 0 aliphatic carbocycles. The maximum absolute atomic E-state index is 14.0. The summed E-state index contributed by atoms with van der Waals surface area (Å²) >= 11 is 0. The molecular formula is C21H17F2N5O2. The Morgan fingerprint density at radius 3 is 2.70 bits per heavy atom. The van der Waals surface area contributed by atoms with Gasteiger partial charge < -0.3 is 19.9 Å². The zero-order valence-electron chi connectivity index (χ0n) is 16.1. The number of benzene rings is 2. The van der Waals surface area contributed by atoms with E-state index in [-0.39, 0.29) is 17.3 Å². The summed E-state index contributed by atoms with van der Waals surface area (Å²) in [5.74, 6) is -0.947. The van der Waals surface area contributed by atoms with Crippen LogP contribution in [0.15, 0.2) is 54.7 Å². The average molecular weight is 409 g/mol. The standard InChI is InChI=1S/C21H17F2N5O2/c1-24-20(29)17-11-13(8-9-25-17)30-12-6-7-18-16(10-12)27-21(28(18)2)26-15-5-3-4-14(22)19(15)23/h3-11H,1-2H3,(H,24,29)(H,26,27). The van der Waals surface area contributed by atoms with Gasteiger partial charge in [-0.25, -0.2) is 13.8 Å². The molecule has 0 spiro atoms. The van der Waals surface area contributed by atoms with Crippen LogP contribution < -0.4 is 15.4 Å². The van der Waals surface area contributed by atoms with Crippen LogP contribution in [0.5, 0.6) is 11.5 Å². The smallest absolute Gasteiger partial charge is 0.269 e. The third kappa shape index (κ3) is 3.64. The molecular weight excluding hydrogens is 392 g/mol. The summed E-state index contributed by atoms with van der Waals surface area (Å²) in [5.41, 5.74) is 1.58. The van der Waals surface area contributed by atoms with Crippen molar-refractivity contribution in [3.05, 3.63) is 72.1 Å². The monoisotopic (exact) mass is 409 g/mol. The lowest BCUT2D eigenvalue weighted by molar-refractivity contribution is 0.0958. The zero-order valence-corrected chi connectivity index (χ0v) is 16.1. The number of hydrogen-bond donors (Lipinski definition) is 2. The Labute approximate surface area is 170 Å². The first kappa shape index (κ1) is 19.3. The molecule has 0 saturated heterocycles. The molecule has 4 rings (SSSR count). The van der Waals surface area contributed by atoms with Crippen LogP contribution in [-0.2, 0) is 7.05 Å². The summed E-state index contributed by atoms with van der Waals surface area (Å²) in [4.78, 5) is 20.2. The SMILES string of the molecule is CNC(=O)c1cc(Oc2ccc3c(c2)nc(Nc2cccc(F)c2F)n3C)ccn1. The van der Waals surface area contributed by atoms with Crippen molar-refractivity contribution < 1.29 is 18.3 Å². The number of aromatic nitrogens is 3. The van der Waals surface area contributed by atoms with Crippen LogP contribution in [0.4, 0.5) is 20.4 Å². The first-order valence-corrected chi connectivity index (χ1v) is 9.00. The lowest BCUT2D eigenvalue weighted by Gasteiger charge is -2.08. The number of nitrogens with one attached hydrogen (secondary N) is 2. The molecule has 0 unspecified atom stereocenters. The third-order valence-corrected chi connectivity index (χ3v) is 4.48. The van der Waals surface area contributed by atoms with Crippen molar-refractivity contribution in [3.8, 4) is 11.5 Å². The number of amides is 1. The molecule has 2 aromatic carbocycles. The Kier molecular flexibility index (Phi) is 5.01. The molecule has 7 nitrogen and oxygen atoms in total. The highest BCUT2D eigenvalue weighted by molar-refractivity contribution is 5.92. The van der Waals surface area contributed by atoms with E-state index in [2.05, 4.69) is 20.6 Å². The van der Waals surface area contributed by atoms with Crippen LogP contribution >= 0.6 is 0 Å². The zero-order chi connectivity index (χ0) is 21.3. The van der Waals surface area contributed by atoms with E-state index in [0.29, 0.717) is 23.0 Å². The van der Waals surface area contributed by atoms with Crippen molar-refractivity contribution in [3.63, 3.8) is 0 Å². The van der Waals surface area contributed by atoms with Crippen molar-refractivity contribution in [2.24, 2.45) is 7.05 Å². The van der Waals surface area contributed by atoms with E-state index >= 15 is 0 Å². The van der Waals surface area contributed by atoms with Gasteiger partial charge in [0.25, 0.3) is 5.91 Å². The molecule has 30 heavy (non-hydrogen) atoms. The van der Waals surface area contributed by atoms with Crippen molar-refractivity contribution >= 4 is 28.6 Å². The van der Waals surface area contributed by atoms with Gasteiger partial charge in [-0.1, -0.05) is 6.07 Å². The van der Waals surface area contributed by atoms with Gasteiger partial charge >= 0.3 is 0 Å². The highest BCUT2D eigenvalue weighted by Crippen LogP contribution is 2.29. The lowest BCUT2D eigenvalue weighted by Crippen LogP contribution is -2.18. The molecule has 152 valence electrons. The van der Waals surface area contributed by atoms with Crippen molar-refractivity contribution in [1.82, 2.24) is 19.9 Å². The Hall–Kier alpha value is -4.01. The van der Waals surface area contributed by atoms with Gasteiger partial charge in [-0.2, -0.15) is 0 Å². The number of carbonyl (C=O) groups is 1. The molecule has 0 saturated carbocycles. The minimum absolute atomic E-state index is 0.0107. The fourth-order valence-electron chi connectivity index (χ4n) is 2.94. The number of fused-ring (bicyclic) bond motifs is 1. The van der Waals surface area contributed by atoms with E-state index in [1.165, 1.54) is 31.4 Å².